The van der Waals surface area contributed by atoms with Gasteiger partial charge in [0, 0.05) is 25.2 Å². The Labute approximate surface area is 146 Å². The quantitative estimate of drug-likeness (QED) is 0.869. The van der Waals surface area contributed by atoms with E-state index in [-0.39, 0.29) is 24.5 Å². The van der Waals surface area contributed by atoms with E-state index in [1.165, 1.54) is 13.3 Å². The summed E-state index contributed by atoms with van der Waals surface area (Å²) < 4.78 is 32.8. The maximum absolute atomic E-state index is 13.4. The second-order valence-electron chi connectivity index (χ2n) is 6.29. The molecule has 7 nitrogen and oxygen atoms in total. The molecule has 0 amide bonds. The summed E-state index contributed by atoms with van der Waals surface area (Å²) in [5.41, 5.74) is -0.471. The number of rotatable bonds is 5. The minimum Gasteiger partial charge on any atom is -0.480 e. The summed E-state index contributed by atoms with van der Waals surface area (Å²) in [5.74, 6) is -1.19. The van der Waals surface area contributed by atoms with E-state index >= 15 is 0 Å². The maximum Gasteiger partial charge on any atom is 0.327 e. The number of carboxylic acids is 1. The zero-order chi connectivity index (χ0) is 18.2. The number of pyridine rings is 1. The van der Waals surface area contributed by atoms with Crippen LogP contribution in [0.3, 0.4) is 0 Å². The summed E-state index contributed by atoms with van der Waals surface area (Å²) >= 11 is 0. The SMILES string of the molecule is COCC1(C(=O)O)CCCN1S(=O)(=O)c1cc(C)cc2cccnc12. The highest BCUT2D eigenvalue weighted by Gasteiger charge is 2.53. The van der Waals surface area contributed by atoms with E-state index in [9.17, 15) is 18.3 Å². The van der Waals surface area contributed by atoms with Crippen molar-refractivity contribution in [1.82, 2.24) is 9.29 Å². The lowest BCUT2D eigenvalue weighted by Crippen LogP contribution is -2.55. The number of aliphatic carboxylic acids is 1. The fraction of sp³-hybridized carbons (Fsp3) is 0.412. The van der Waals surface area contributed by atoms with Gasteiger partial charge in [-0.15, -0.1) is 0 Å². The molecule has 8 heteroatoms. The van der Waals surface area contributed by atoms with Crippen molar-refractivity contribution < 1.29 is 23.1 Å². The first-order valence-corrected chi connectivity index (χ1v) is 9.37. The fourth-order valence-corrected chi connectivity index (χ4v) is 5.52. The van der Waals surface area contributed by atoms with Crippen LogP contribution in [0, 0.1) is 6.92 Å². The Morgan fingerprint density at radius 2 is 2.20 bits per heavy atom. The van der Waals surface area contributed by atoms with Crippen LogP contribution in [0.25, 0.3) is 10.9 Å². The van der Waals surface area contributed by atoms with Gasteiger partial charge < -0.3 is 9.84 Å². The van der Waals surface area contributed by atoms with Crippen LogP contribution in [0.5, 0.6) is 0 Å². The smallest absolute Gasteiger partial charge is 0.327 e. The number of nitrogens with zero attached hydrogens (tertiary/aromatic N) is 2. The van der Waals surface area contributed by atoms with Crippen LogP contribution in [0.15, 0.2) is 35.4 Å². The molecule has 1 atom stereocenters. The van der Waals surface area contributed by atoms with Crippen LogP contribution in [-0.4, -0.2) is 54.6 Å². The van der Waals surface area contributed by atoms with Gasteiger partial charge in [-0.05, 0) is 43.5 Å². The van der Waals surface area contributed by atoms with Crippen LogP contribution in [0.2, 0.25) is 0 Å². The Hall–Kier alpha value is -2.03. The van der Waals surface area contributed by atoms with Gasteiger partial charge in [-0.3, -0.25) is 9.78 Å². The lowest BCUT2D eigenvalue weighted by Gasteiger charge is -2.33. The van der Waals surface area contributed by atoms with E-state index in [1.807, 2.05) is 6.07 Å². The van der Waals surface area contributed by atoms with E-state index in [0.29, 0.717) is 17.3 Å². The molecule has 0 radical (unpaired) electrons. The van der Waals surface area contributed by atoms with Crippen molar-refractivity contribution in [3.63, 3.8) is 0 Å². The number of hydrogen-bond acceptors (Lipinski definition) is 5. The average molecular weight is 364 g/mol. The Bertz CT molecular complexity index is 928. The topological polar surface area (TPSA) is 96.8 Å². The monoisotopic (exact) mass is 364 g/mol. The highest BCUT2D eigenvalue weighted by molar-refractivity contribution is 7.89. The molecule has 1 unspecified atom stereocenters. The first kappa shape index (κ1) is 17.8. The second kappa shape index (κ2) is 6.36. The zero-order valence-corrected chi connectivity index (χ0v) is 14.9. The minimum absolute atomic E-state index is 0.0340. The van der Waals surface area contributed by atoms with Crippen molar-refractivity contribution >= 4 is 26.9 Å². The van der Waals surface area contributed by atoms with Crippen LogP contribution in [0.4, 0.5) is 0 Å². The molecule has 1 aromatic heterocycles. The van der Waals surface area contributed by atoms with Gasteiger partial charge in [-0.1, -0.05) is 6.07 Å². The third-order valence-electron chi connectivity index (χ3n) is 4.59. The maximum atomic E-state index is 13.4. The van der Waals surface area contributed by atoms with Gasteiger partial charge in [0.05, 0.1) is 12.1 Å². The molecule has 2 aromatic rings. The highest BCUT2D eigenvalue weighted by atomic mass is 32.2. The molecule has 1 saturated heterocycles. The molecule has 1 aromatic carbocycles. The van der Waals surface area contributed by atoms with Gasteiger partial charge in [-0.25, -0.2) is 8.42 Å². The number of aryl methyl sites for hydroxylation is 1. The molecule has 1 fully saturated rings. The number of carbonyl (C=O) groups is 1. The molecule has 3 rings (SSSR count). The summed E-state index contributed by atoms with van der Waals surface area (Å²) in [7, 11) is -2.68. The van der Waals surface area contributed by atoms with E-state index in [0.717, 1.165) is 9.87 Å². The molecule has 25 heavy (non-hydrogen) atoms. The van der Waals surface area contributed by atoms with Crippen molar-refractivity contribution in [2.24, 2.45) is 0 Å². The number of fused-ring (bicyclic) bond motifs is 1. The number of sulfonamides is 1. The summed E-state index contributed by atoms with van der Waals surface area (Å²) in [6.07, 6.45) is 2.21. The Kier molecular flexibility index (Phi) is 4.52. The number of carboxylic acid groups (broad SMARTS) is 1. The zero-order valence-electron chi connectivity index (χ0n) is 14.1. The van der Waals surface area contributed by atoms with Gasteiger partial charge >= 0.3 is 5.97 Å². The first-order chi connectivity index (χ1) is 11.8. The predicted octanol–water partition coefficient (Wildman–Crippen LogP) is 1.80. The minimum atomic E-state index is -4.05. The number of ether oxygens (including phenoxy) is 1. The number of methoxy groups -OCH3 is 1. The predicted molar refractivity (Wildman–Crippen MR) is 91.8 cm³/mol. The largest absolute Gasteiger partial charge is 0.480 e. The summed E-state index contributed by atoms with van der Waals surface area (Å²) in [6.45, 7) is 1.74. The standard InChI is InChI=1S/C17H20N2O5S/c1-12-9-13-5-3-7-18-15(13)14(10-12)25(22,23)19-8-4-6-17(19,11-24-2)16(20)21/h3,5,7,9-10H,4,6,8,11H2,1-2H3,(H,20,21). The normalized spacial score (nSPS) is 21.7. The number of hydrogen-bond donors (Lipinski definition) is 1. The van der Waals surface area contributed by atoms with Crippen molar-refractivity contribution in [1.29, 1.82) is 0 Å². The van der Waals surface area contributed by atoms with E-state index in [2.05, 4.69) is 4.98 Å². The van der Waals surface area contributed by atoms with Crippen molar-refractivity contribution in [3.8, 4) is 0 Å². The van der Waals surface area contributed by atoms with Gasteiger partial charge in [0.2, 0.25) is 10.0 Å². The first-order valence-electron chi connectivity index (χ1n) is 7.93. The molecule has 0 aliphatic carbocycles. The number of aromatic nitrogens is 1. The van der Waals surface area contributed by atoms with Crippen LogP contribution in [-0.2, 0) is 19.6 Å². The fourth-order valence-electron chi connectivity index (χ4n) is 3.48. The molecule has 2 heterocycles. The van der Waals surface area contributed by atoms with E-state index < -0.39 is 21.5 Å². The lowest BCUT2D eigenvalue weighted by molar-refractivity contribution is -0.150. The lowest BCUT2D eigenvalue weighted by atomic mass is 9.99. The van der Waals surface area contributed by atoms with E-state index in [1.54, 1.807) is 25.1 Å². The molecule has 1 N–H and O–H groups in total. The van der Waals surface area contributed by atoms with Gasteiger partial charge in [0.15, 0.2) is 5.54 Å². The van der Waals surface area contributed by atoms with Gasteiger partial charge in [-0.2, -0.15) is 4.31 Å². The Morgan fingerprint density at radius 1 is 1.44 bits per heavy atom. The second-order valence-corrected chi connectivity index (χ2v) is 8.12. The van der Waals surface area contributed by atoms with Crippen molar-refractivity contribution in [2.45, 2.75) is 30.2 Å². The average Bonchev–Trinajstić information content (AvgIpc) is 3.00. The summed E-state index contributed by atoms with van der Waals surface area (Å²) in [6, 6.07) is 6.92. The van der Waals surface area contributed by atoms with Crippen molar-refractivity contribution in [2.75, 3.05) is 20.3 Å². The summed E-state index contributed by atoms with van der Waals surface area (Å²) in [4.78, 5) is 16.2. The molecule has 1 aliphatic rings. The molecule has 0 spiro atoms. The van der Waals surface area contributed by atoms with E-state index in [4.69, 9.17) is 4.74 Å². The number of benzene rings is 1. The van der Waals surface area contributed by atoms with Crippen LogP contribution >= 0.6 is 0 Å². The van der Waals surface area contributed by atoms with Crippen LogP contribution in [0.1, 0.15) is 18.4 Å². The molecule has 0 bridgehead atoms. The Balaban J connectivity index is 2.21. The Morgan fingerprint density at radius 3 is 2.88 bits per heavy atom. The molecular formula is C17H20N2O5S. The van der Waals surface area contributed by atoms with Crippen molar-refractivity contribution in [3.05, 3.63) is 36.0 Å². The highest BCUT2D eigenvalue weighted by Crippen LogP contribution is 2.37. The van der Waals surface area contributed by atoms with Crippen LogP contribution < -0.4 is 0 Å². The molecule has 134 valence electrons. The molecule has 0 saturated carbocycles. The third kappa shape index (κ3) is 2.80. The van der Waals surface area contributed by atoms with Gasteiger partial charge in [0.25, 0.3) is 0 Å². The molecule has 1 aliphatic heterocycles. The van der Waals surface area contributed by atoms with Gasteiger partial charge in [0.1, 0.15) is 4.90 Å². The summed E-state index contributed by atoms with van der Waals surface area (Å²) in [5, 5.41) is 10.4. The molecular weight excluding hydrogens is 344 g/mol. The third-order valence-corrected chi connectivity index (χ3v) is 6.57.